The summed E-state index contributed by atoms with van der Waals surface area (Å²) in [6.45, 7) is 2.03. The van der Waals surface area contributed by atoms with Gasteiger partial charge in [0.15, 0.2) is 5.43 Å². The molecular weight excluding hydrogens is 256 g/mol. The zero-order valence-corrected chi connectivity index (χ0v) is 10.8. The van der Waals surface area contributed by atoms with Gasteiger partial charge in [-0.1, -0.05) is 13.0 Å². The first-order valence-corrected chi connectivity index (χ1v) is 6.33. The smallest absolute Gasteiger partial charge is 0.271 e. The van der Waals surface area contributed by atoms with Gasteiger partial charge in [0.05, 0.1) is 10.4 Å². The molecule has 0 unspecified atom stereocenters. The normalized spacial score (nSPS) is 11.1. The number of aryl methyl sites for hydroxylation is 1. The van der Waals surface area contributed by atoms with E-state index in [4.69, 9.17) is 0 Å². The van der Waals surface area contributed by atoms with Crippen molar-refractivity contribution in [3.8, 4) is 0 Å². The fourth-order valence-electron chi connectivity index (χ4n) is 2.35. The minimum atomic E-state index is -0.470. The molecule has 1 aromatic heterocycles. The molecule has 100 valence electrons. The molecule has 5 nitrogen and oxygen atoms in total. The van der Waals surface area contributed by atoms with Gasteiger partial charge in [-0.25, -0.2) is 0 Å². The molecule has 0 bridgehead atoms. The molecule has 0 saturated carbocycles. The minimum Gasteiger partial charge on any atom is -0.354 e. The van der Waals surface area contributed by atoms with E-state index in [2.05, 4.69) is 4.98 Å². The van der Waals surface area contributed by atoms with Crippen molar-refractivity contribution in [2.45, 2.75) is 13.3 Å². The topological polar surface area (TPSA) is 76.0 Å². The Balaban J connectivity index is 2.40. The van der Waals surface area contributed by atoms with Crippen molar-refractivity contribution in [1.29, 1.82) is 0 Å². The quantitative estimate of drug-likeness (QED) is 0.440. The van der Waals surface area contributed by atoms with E-state index < -0.39 is 4.92 Å². The Morgan fingerprint density at radius 3 is 2.60 bits per heavy atom. The zero-order chi connectivity index (χ0) is 14.3. The summed E-state index contributed by atoms with van der Waals surface area (Å²) in [6.07, 6.45) is 0.855. The van der Waals surface area contributed by atoms with Crippen molar-refractivity contribution in [1.82, 2.24) is 4.98 Å². The lowest BCUT2D eigenvalue weighted by molar-refractivity contribution is -0.384. The van der Waals surface area contributed by atoms with Crippen LogP contribution < -0.4 is 5.43 Å². The maximum atomic E-state index is 12.4. The molecule has 20 heavy (non-hydrogen) atoms. The summed E-state index contributed by atoms with van der Waals surface area (Å²) in [5.41, 5.74) is 2.14. The number of nitrogens with one attached hydrogen (secondary N) is 1. The fourth-order valence-corrected chi connectivity index (χ4v) is 2.35. The molecular formula is C15H12N2O3. The molecule has 0 aliphatic carbocycles. The molecule has 1 N–H and O–H groups in total. The third-order valence-corrected chi connectivity index (χ3v) is 3.46. The van der Waals surface area contributed by atoms with E-state index in [1.807, 2.05) is 25.1 Å². The van der Waals surface area contributed by atoms with Crippen LogP contribution in [0.1, 0.15) is 12.5 Å². The maximum absolute atomic E-state index is 12.4. The first-order valence-electron chi connectivity index (χ1n) is 6.33. The molecule has 3 aromatic rings. The summed E-state index contributed by atoms with van der Waals surface area (Å²) in [5, 5.41) is 11.9. The molecule has 1 heterocycles. The van der Waals surface area contributed by atoms with Crippen molar-refractivity contribution in [2.24, 2.45) is 0 Å². The van der Waals surface area contributed by atoms with Gasteiger partial charge >= 0.3 is 0 Å². The number of rotatable bonds is 2. The van der Waals surface area contributed by atoms with E-state index in [-0.39, 0.29) is 11.1 Å². The lowest BCUT2D eigenvalue weighted by Gasteiger charge is -2.04. The predicted molar refractivity (Wildman–Crippen MR) is 78.1 cm³/mol. The summed E-state index contributed by atoms with van der Waals surface area (Å²) in [6, 6.07) is 9.91. The van der Waals surface area contributed by atoms with Gasteiger partial charge in [-0.05, 0) is 30.2 Å². The van der Waals surface area contributed by atoms with Gasteiger partial charge in [0.1, 0.15) is 0 Å². The number of aromatic amines is 1. The average Bonchev–Trinajstić information content (AvgIpc) is 2.46. The second-order valence-electron chi connectivity index (χ2n) is 4.67. The van der Waals surface area contributed by atoms with Crippen LogP contribution in [0.2, 0.25) is 0 Å². The molecule has 2 aromatic carbocycles. The Kier molecular flexibility index (Phi) is 2.75. The van der Waals surface area contributed by atoms with E-state index >= 15 is 0 Å². The number of nitro benzene ring substituents is 1. The van der Waals surface area contributed by atoms with E-state index in [0.29, 0.717) is 21.8 Å². The van der Waals surface area contributed by atoms with E-state index in [1.165, 1.54) is 18.2 Å². The van der Waals surface area contributed by atoms with Crippen molar-refractivity contribution in [2.75, 3.05) is 0 Å². The zero-order valence-electron chi connectivity index (χ0n) is 10.8. The Bertz CT molecular complexity index is 897. The van der Waals surface area contributed by atoms with E-state index in [9.17, 15) is 14.9 Å². The third kappa shape index (κ3) is 1.84. The number of fused-ring (bicyclic) bond motifs is 2. The largest absolute Gasteiger partial charge is 0.354 e. The number of benzene rings is 2. The van der Waals surface area contributed by atoms with Crippen molar-refractivity contribution in [3.05, 3.63) is 62.3 Å². The van der Waals surface area contributed by atoms with Crippen molar-refractivity contribution >= 4 is 27.5 Å². The molecule has 0 aliphatic rings. The van der Waals surface area contributed by atoms with Gasteiger partial charge in [-0.2, -0.15) is 0 Å². The van der Waals surface area contributed by atoms with E-state index in [0.717, 1.165) is 12.0 Å². The fraction of sp³-hybridized carbons (Fsp3) is 0.133. The van der Waals surface area contributed by atoms with Crippen molar-refractivity contribution < 1.29 is 4.92 Å². The lowest BCUT2D eigenvalue weighted by atomic mass is 10.1. The average molecular weight is 268 g/mol. The highest BCUT2D eigenvalue weighted by atomic mass is 16.6. The number of nitrogens with zero attached hydrogens (tertiary/aromatic N) is 1. The minimum absolute atomic E-state index is 0.0299. The second kappa shape index (κ2) is 4.45. The van der Waals surface area contributed by atoms with Gasteiger partial charge < -0.3 is 4.98 Å². The number of hydrogen-bond donors (Lipinski definition) is 1. The van der Waals surface area contributed by atoms with Crippen LogP contribution in [0.3, 0.4) is 0 Å². The SMILES string of the molecule is CCc1ccc2[nH]c3cc([N+](=O)[O-])ccc3c(=O)c2c1. The van der Waals surface area contributed by atoms with Gasteiger partial charge in [0.25, 0.3) is 5.69 Å². The molecule has 3 rings (SSSR count). The van der Waals surface area contributed by atoms with Crippen LogP contribution in [0.5, 0.6) is 0 Å². The molecule has 0 amide bonds. The Morgan fingerprint density at radius 2 is 1.90 bits per heavy atom. The number of hydrogen-bond acceptors (Lipinski definition) is 3. The van der Waals surface area contributed by atoms with Gasteiger partial charge in [-0.15, -0.1) is 0 Å². The van der Waals surface area contributed by atoms with Crippen molar-refractivity contribution in [3.63, 3.8) is 0 Å². The first-order chi connectivity index (χ1) is 9.60. The monoisotopic (exact) mass is 268 g/mol. The number of aromatic nitrogens is 1. The van der Waals surface area contributed by atoms with Gasteiger partial charge in [0.2, 0.25) is 0 Å². The lowest BCUT2D eigenvalue weighted by Crippen LogP contribution is -2.05. The molecule has 0 aliphatic heterocycles. The van der Waals surface area contributed by atoms with Crippen LogP contribution in [0, 0.1) is 10.1 Å². The second-order valence-corrected chi connectivity index (χ2v) is 4.67. The molecule has 5 heteroatoms. The van der Waals surface area contributed by atoms with Gasteiger partial charge in [0, 0.05) is 28.4 Å². The molecule has 0 saturated heterocycles. The number of nitro groups is 1. The van der Waals surface area contributed by atoms with E-state index in [1.54, 1.807) is 0 Å². The molecule has 0 radical (unpaired) electrons. The highest BCUT2D eigenvalue weighted by Gasteiger charge is 2.10. The van der Waals surface area contributed by atoms with Crippen LogP contribution in [0.15, 0.2) is 41.2 Å². The summed E-state index contributed by atoms with van der Waals surface area (Å²) < 4.78 is 0. The Morgan fingerprint density at radius 1 is 1.10 bits per heavy atom. The molecule has 0 spiro atoms. The summed E-state index contributed by atoms with van der Waals surface area (Å²) in [7, 11) is 0. The highest BCUT2D eigenvalue weighted by molar-refractivity contribution is 5.93. The van der Waals surface area contributed by atoms with Crippen LogP contribution in [-0.4, -0.2) is 9.91 Å². The number of non-ortho nitro benzene ring substituents is 1. The summed E-state index contributed by atoms with van der Waals surface area (Å²) in [4.78, 5) is 25.9. The van der Waals surface area contributed by atoms with Gasteiger partial charge in [-0.3, -0.25) is 14.9 Å². The standard InChI is InChI=1S/C15H12N2O3/c1-2-9-3-6-13-12(7-9)15(18)11-5-4-10(17(19)20)8-14(11)16-13/h3-8H,2H2,1H3,(H,16,18). The Hall–Kier alpha value is -2.69. The van der Waals surface area contributed by atoms with Crippen LogP contribution in [0.25, 0.3) is 21.8 Å². The third-order valence-electron chi connectivity index (χ3n) is 3.46. The van der Waals surface area contributed by atoms with Crippen LogP contribution >= 0.6 is 0 Å². The highest BCUT2D eigenvalue weighted by Crippen LogP contribution is 2.20. The first kappa shape index (κ1) is 12.3. The Labute approximate surface area is 114 Å². The predicted octanol–water partition coefficient (Wildman–Crippen LogP) is 3.15. The summed E-state index contributed by atoms with van der Waals surface area (Å²) >= 11 is 0. The number of pyridine rings is 1. The number of H-pyrrole nitrogens is 1. The van der Waals surface area contributed by atoms with Crippen LogP contribution in [0.4, 0.5) is 5.69 Å². The molecule has 0 fully saturated rings. The molecule has 0 atom stereocenters. The van der Waals surface area contributed by atoms with Crippen LogP contribution in [-0.2, 0) is 6.42 Å². The maximum Gasteiger partial charge on any atom is 0.271 e. The summed E-state index contributed by atoms with van der Waals surface area (Å²) in [5.74, 6) is 0.